The molecule has 2 heterocycles. The van der Waals surface area contributed by atoms with E-state index in [9.17, 15) is 9.90 Å². The lowest BCUT2D eigenvalue weighted by Crippen LogP contribution is -2.60. The highest BCUT2D eigenvalue weighted by Gasteiger charge is 2.49. The highest BCUT2D eigenvalue weighted by molar-refractivity contribution is 5.74. The fraction of sp³-hybridized carbons (Fsp3) is 0.900. The molecule has 0 radical (unpaired) electrons. The molecule has 2 saturated heterocycles. The molecule has 0 aliphatic carbocycles. The van der Waals surface area contributed by atoms with Crippen molar-refractivity contribution in [3.63, 3.8) is 0 Å². The number of carbonyl (C=O) groups is 1. The van der Waals surface area contributed by atoms with Gasteiger partial charge in [-0.1, -0.05) is 0 Å². The van der Waals surface area contributed by atoms with Gasteiger partial charge in [0.05, 0.1) is 18.6 Å². The fourth-order valence-electron chi connectivity index (χ4n) is 1.89. The summed E-state index contributed by atoms with van der Waals surface area (Å²) in [6, 6.07) is 0. The number of ether oxygens (including phenoxy) is 3. The van der Waals surface area contributed by atoms with Gasteiger partial charge < -0.3 is 19.3 Å². The summed E-state index contributed by atoms with van der Waals surface area (Å²) in [7, 11) is 0. The predicted molar refractivity (Wildman–Crippen MR) is 50.0 cm³/mol. The van der Waals surface area contributed by atoms with Gasteiger partial charge in [0.1, 0.15) is 6.10 Å². The molecule has 2 fully saturated rings. The molecule has 4 atom stereocenters. The molecule has 2 aliphatic heterocycles. The van der Waals surface area contributed by atoms with E-state index in [1.54, 1.807) is 20.8 Å². The van der Waals surface area contributed by atoms with Crippen molar-refractivity contribution >= 4 is 5.97 Å². The average molecular weight is 216 g/mol. The van der Waals surface area contributed by atoms with E-state index in [4.69, 9.17) is 14.2 Å². The Morgan fingerprint density at radius 3 is 2.80 bits per heavy atom. The number of fused-ring (bicyclic) bond motifs is 1. The van der Waals surface area contributed by atoms with E-state index in [1.807, 2.05) is 0 Å². The van der Waals surface area contributed by atoms with Crippen LogP contribution in [0.3, 0.4) is 0 Å². The summed E-state index contributed by atoms with van der Waals surface area (Å²) in [5.41, 5.74) is 0. The van der Waals surface area contributed by atoms with Crippen LogP contribution < -0.4 is 0 Å². The molecule has 5 heteroatoms. The summed E-state index contributed by atoms with van der Waals surface area (Å²) in [5, 5.41) is 9.89. The van der Waals surface area contributed by atoms with Gasteiger partial charge in [0.25, 0.3) is 0 Å². The largest absolute Gasteiger partial charge is 0.457 e. The van der Waals surface area contributed by atoms with Crippen molar-refractivity contribution < 1.29 is 24.1 Å². The first kappa shape index (κ1) is 10.9. The van der Waals surface area contributed by atoms with E-state index in [2.05, 4.69) is 0 Å². The first-order chi connectivity index (χ1) is 6.91. The second kappa shape index (κ2) is 3.43. The molecule has 0 amide bonds. The van der Waals surface area contributed by atoms with Crippen LogP contribution in [0.15, 0.2) is 0 Å². The van der Waals surface area contributed by atoms with Crippen molar-refractivity contribution in [1.29, 1.82) is 0 Å². The van der Waals surface area contributed by atoms with Crippen LogP contribution in [0.1, 0.15) is 20.8 Å². The molecule has 2 rings (SSSR count). The van der Waals surface area contributed by atoms with E-state index in [0.29, 0.717) is 0 Å². The summed E-state index contributed by atoms with van der Waals surface area (Å²) in [6.45, 7) is 5.45. The minimum atomic E-state index is -0.820. The number of esters is 1. The van der Waals surface area contributed by atoms with Gasteiger partial charge in [-0.3, -0.25) is 4.79 Å². The van der Waals surface area contributed by atoms with Crippen LogP contribution in [0.2, 0.25) is 0 Å². The minimum absolute atomic E-state index is 0.271. The zero-order valence-electron chi connectivity index (χ0n) is 9.10. The van der Waals surface area contributed by atoms with Crippen molar-refractivity contribution in [2.24, 2.45) is 5.92 Å². The summed E-state index contributed by atoms with van der Waals surface area (Å²) < 4.78 is 16.0. The third-order valence-corrected chi connectivity index (χ3v) is 2.87. The molecule has 5 nitrogen and oxygen atoms in total. The van der Waals surface area contributed by atoms with Gasteiger partial charge in [-0.05, 0) is 20.8 Å². The van der Waals surface area contributed by atoms with Gasteiger partial charge >= 0.3 is 5.97 Å². The smallest absolute Gasteiger partial charge is 0.311 e. The molecular formula is C10H16O5. The van der Waals surface area contributed by atoms with Gasteiger partial charge in [-0.15, -0.1) is 0 Å². The fourth-order valence-corrected chi connectivity index (χ4v) is 1.89. The second-order valence-electron chi connectivity index (χ2n) is 4.55. The molecule has 0 unspecified atom stereocenters. The Bertz CT molecular complexity index is 273. The highest BCUT2D eigenvalue weighted by Crippen LogP contribution is 2.32. The maximum Gasteiger partial charge on any atom is 0.311 e. The van der Waals surface area contributed by atoms with E-state index >= 15 is 0 Å². The monoisotopic (exact) mass is 216 g/mol. The van der Waals surface area contributed by atoms with Crippen LogP contribution in [-0.2, 0) is 19.0 Å². The molecule has 0 spiro atoms. The number of aliphatic hydroxyl groups excluding tert-OH is 1. The zero-order valence-corrected chi connectivity index (χ0v) is 9.10. The summed E-state index contributed by atoms with van der Waals surface area (Å²) in [5.74, 6) is -1.66. The van der Waals surface area contributed by atoms with Crippen molar-refractivity contribution in [3.05, 3.63) is 0 Å². The molecule has 0 aromatic carbocycles. The maximum atomic E-state index is 11.3. The lowest BCUT2D eigenvalue weighted by molar-refractivity contribution is -0.332. The SMILES string of the molecule is C[C@H]1C(=O)O[C@@H]2COC(C)(C)O[C@@H]2[C@@H]1O. The van der Waals surface area contributed by atoms with Crippen LogP contribution in [-0.4, -0.2) is 41.8 Å². The number of hydrogen-bond donors (Lipinski definition) is 1. The lowest BCUT2D eigenvalue weighted by atomic mass is 9.92. The normalized spacial score (nSPS) is 44.4. The minimum Gasteiger partial charge on any atom is -0.457 e. The van der Waals surface area contributed by atoms with Crippen molar-refractivity contribution in [3.8, 4) is 0 Å². The second-order valence-corrected chi connectivity index (χ2v) is 4.55. The van der Waals surface area contributed by atoms with Crippen LogP contribution >= 0.6 is 0 Å². The predicted octanol–water partition coefficient (Wildman–Crippen LogP) is 0.0603. The maximum absolute atomic E-state index is 11.3. The molecule has 0 aromatic heterocycles. The van der Waals surface area contributed by atoms with E-state index < -0.39 is 36.0 Å². The Balaban J connectivity index is 2.15. The molecule has 0 bridgehead atoms. The van der Waals surface area contributed by atoms with Crippen molar-refractivity contribution in [1.82, 2.24) is 0 Å². The molecule has 0 saturated carbocycles. The third kappa shape index (κ3) is 1.87. The Kier molecular flexibility index (Phi) is 2.48. The number of carbonyl (C=O) groups excluding carboxylic acids is 1. The lowest BCUT2D eigenvalue weighted by Gasteiger charge is -2.46. The third-order valence-electron chi connectivity index (χ3n) is 2.87. The first-order valence-electron chi connectivity index (χ1n) is 5.11. The molecular weight excluding hydrogens is 200 g/mol. The van der Waals surface area contributed by atoms with Crippen molar-refractivity contribution in [2.45, 2.75) is 44.9 Å². The topological polar surface area (TPSA) is 65.0 Å². The Morgan fingerprint density at radius 2 is 2.13 bits per heavy atom. The summed E-state index contributed by atoms with van der Waals surface area (Å²) >= 11 is 0. The number of hydrogen-bond acceptors (Lipinski definition) is 5. The Labute approximate surface area is 88.3 Å². The summed E-state index contributed by atoms with van der Waals surface area (Å²) in [6.07, 6.45) is -1.79. The Hall–Kier alpha value is -0.650. The Morgan fingerprint density at radius 1 is 1.47 bits per heavy atom. The molecule has 86 valence electrons. The van der Waals surface area contributed by atoms with Crippen molar-refractivity contribution in [2.75, 3.05) is 6.61 Å². The van der Waals surface area contributed by atoms with Crippen LogP contribution in [0.25, 0.3) is 0 Å². The van der Waals surface area contributed by atoms with Gasteiger partial charge in [0, 0.05) is 0 Å². The van der Waals surface area contributed by atoms with Crippen LogP contribution in [0.5, 0.6) is 0 Å². The number of rotatable bonds is 0. The summed E-state index contributed by atoms with van der Waals surface area (Å²) in [4.78, 5) is 11.3. The van der Waals surface area contributed by atoms with Gasteiger partial charge in [-0.2, -0.15) is 0 Å². The van der Waals surface area contributed by atoms with Gasteiger partial charge in [0.2, 0.25) is 0 Å². The van der Waals surface area contributed by atoms with Crippen LogP contribution in [0.4, 0.5) is 0 Å². The van der Waals surface area contributed by atoms with Crippen LogP contribution in [0, 0.1) is 5.92 Å². The number of aliphatic hydroxyl groups is 1. The highest BCUT2D eigenvalue weighted by atomic mass is 16.7. The van der Waals surface area contributed by atoms with E-state index in [0.717, 1.165) is 0 Å². The molecule has 15 heavy (non-hydrogen) atoms. The van der Waals surface area contributed by atoms with Gasteiger partial charge in [-0.25, -0.2) is 0 Å². The molecule has 0 aromatic rings. The van der Waals surface area contributed by atoms with Gasteiger partial charge in [0.15, 0.2) is 11.9 Å². The molecule has 2 aliphatic rings. The first-order valence-corrected chi connectivity index (χ1v) is 5.11. The van der Waals surface area contributed by atoms with E-state index in [1.165, 1.54) is 0 Å². The molecule has 1 N–H and O–H groups in total. The average Bonchev–Trinajstić information content (AvgIpc) is 2.16. The van der Waals surface area contributed by atoms with E-state index in [-0.39, 0.29) is 6.61 Å². The quantitative estimate of drug-likeness (QED) is 0.580. The standard InChI is InChI=1S/C10H16O5/c1-5-7(11)8-6(14-9(5)12)4-13-10(2,3)15-8/h5-8,11H,4H2,1-3H3/t5-,6-,7-,8+/m1/s1. The zero-order chi connectivity index (χ0) is 11.2.